The second-order valence-electron chi connectivity index (χ2n) is 8.17. The normalized spacial score (nSPS) is 13.8. The van der Waals surface area contributed by atoms with E-state index in [2.05, 4.69) is 4.74 Å². The average Bonchev–Trinajstić information content (AvgIpc) is 2.53. The number of hydrogen-bond acceptors (Lipinski definition) is 4. The molecule has 1 rings (SSSR count). The fourth-order valence-electron chi connectivity index (χ4n) is 1.80. The minimum atomic E-state index is -6.66. The van der Waals surface area contributed by atoms with Crippen LogP contribution in [0.3, 0.4) is 0 Å². The second-order valence-corrected chi connectivity index (χ2v) is 12.9. The number of carbonyl (C=O) groups is 2. The number of rotatable bonds is 5. The Kier molecular flexibility index (Phi) is 6.79. The van der Waals surface area contributed by atoms with Crippen molar-refractivity contribution in [1.29, 1.82) is 0 Å². The predicted octanol–water partition coefficient (Wildman–Crippen LogP) is 5.90. The summed E-state index contributed by atoms with van der Waals surface area (Å²) in [7, 11) is -2.50. The van der Waals surface area contributed by atoms with Gasteiger partial charge in [-0.1, -0.05) is 20.8 Å². The van der Waals surface area contributed by atoms with Gasteiger partial charge in [-0.25, -0.2) is 9.59 Å². The van der Waals surface area contributed by atoms with E-state index in [9.17, 15) is 40.3 Å². The Balaban J connectivity index is 3.09. The van der Waals surface area contributed by atoms with Crippen LogP contribution in [0.4, 0.5) is 30.7 Å². The first-order chi connectivity index (χ1) is 13.1. The zero-order valence-corrected chi connectivity index (χ0v) is 18.0. The predicted molar refractivity (Wildman–Crippen MR) is 95.4 cm³/mol. The lowest BCUT2D eigenvalue weighted by Crippen LogP contribution is -2.57. The molecule has 0 unspecified atom stereocenters. The van der Waals surface area contributed by atoms with Gasteiger partial charge in [0, 0.05) is 0 Å². The van der Waals surface area contributed by atoms with E-state index in [-0.39, 0.29) is 16.2 Å². The number of benzene rings is 1. The fourth-order valence-corrected chi connectivity index (χ4v) is 2.69. The molecule has 0 bridgehead atoms. The summed E-state index contributed by atoms with van der Waals surface area (Å²) in [5, 5.41) is -0.303. The molecule has 0 fully saturated rings. The van der Waals surface area contributed by atoms with Gasteiger partial charge in [0.15, 0.2) is 0 Å². The van der Waals surface area contributed by atoms with Crippen molar-refractivity contribution < 1.29 is 49.5 Å². The number of hydrogen-bond donors (Lipinski definition) is 0. The maximum absolute atomic E-state index is 13.4. The van der Waals surface area contributed by atoms with E-state index in [1.807, 2.05) is 20.8 Å². The summed E-state index contributed by atoms with van der Waals surface area (Å²) < 4.78 is 98.9. The minimum Gasteiger partial charge on any atom is -0.516 e. The highest BCUT2D eigenvalue weighted by Gasteiger charge is 2.77. The van der Waals surface area contributed by atoms with Crippen LogP contribution in [0, 0.1) is 6.92 Å². The summed E-state index contributed by atoms with van der Waals surface area (Å²) in [5.41, 5.74) is -0.163. The molecule has 12 heteroatoms. The van der Waals surface area contributed by atoms with Crippen LogP contribution in [0.25, 0.3) is 0 Å². The van der Waals surface area contributed by atoms with Crippen molar-refractivity contribution in [3.8, 4) is 5.75 Å². The molecule has 0 atom stereocenters. The minimum absolute atomic E-state index is 0.0375. The van der Waals surface area contributed by atoms with Crippen molar-refractivity contribution in [1.82, 2.24) is 0 Å². The molecule has 0 radical (unpaired) electrons. The van der Waals surface area contributed by atoms with E-state index in [1.54, 1.807) is 13.1 Å². The molecule has 0 saturated carbocycles. The number of alkyl halides is 7. The summed E-state index contributed by atoms with van der Waals surface area (Å²) in [6, 6.07) is 2.93. The first kappa shape index (κ1) is 25.9. The number of halogens is 7. The van der Waals surface area contributed by atoms with Crippen molar-refractivity contribution in [3.63, 3.8) is 0 Å². The summed E-state index contributed by atoms with van der Waals surface area (Å²) in [6.45, 7) is 10.4. The van der Waals surface area contributed by atoms with Gasteiger partial charge >= 0.3 is 30.0 Å². The van der Waals surface area contributed by atoms with Gasteiger partial charge in [0.05, 0.1) is 5.56 Å². The van der Waals surface area contributed by atoms with Gasteiger partial charge in [0.2, 0.25) is 0 Å². The Morgan fingerprint density at radius 2 is 1.43 bits per heavy atom. The van der Waals surface area contributed by atoms with Gasteiger partial charge in [-0.15, -0.1) is 0 Å². The van der Waals surface area contributed by atoms with E-state index < -0.39 is 44.0 Å². The number of ether oxygens (including phenoxy) is 1. The molecule has 4 nitrogen and oxygen atoms in total. The Morgan fingerprint density at radius 3 is 1.83 bits per heavy atom. The van der Waals surface area contributed by atoms with Crippen LogP contribution in [0.15, 0.2) is 18.2 Å². The molecule has 0 amide bonds. The van der Waals surface area contributed by atoms with E-state index in [1.165, 1.54) is 6.92 Å². The zero-order valence-electron chi connectivity index (χ0n) is 17.0. The van der Waals surface area contributed by atoms with Crippen molar-refractivity contribution in [2.75, 3.05) is 0 Å². The van der Waals surface area contributed by atoms with Gasteiger partial charge in [0.1, 0.15) is 5.75 Å². The lowest BCUT2D eigenvalue weighted by atomic mass is 10.1. The number of esters is 1. The molecule has 170 valence electrons. The molecule has 0 aliphatic carbocycles. The van der Waals surface area contributed by atoms with Crippen LogP contribution in [0.2, 0.25) is 18.1 Å². The molecule has 1 aromatic carbocycles. The third-order valence-corrected chi connectivity index (χ3v) is 9.08. The molecular weight excluding hydrogens is 441 g/mol. The van der Waals surface area contributed by atoms with Gasteiger partial charge in [-0.05, 0) is 48.8 Å². The molecular formula is C18H21F7O4Si. The monoisotopic (exact) mass is 462 g/mol. The SMILES string of the molecule is Cc1cc(C(=O)O[Si](C)(C)C(C)(C)C)ccc1OC(=O)C(F)(F)C(F)(F)C(F)(F)F. The van der Waals surface area contributed by atoms with E-state index in [0.29, 0.717) is 0 Å². The highest BCUT2D eigenvalue weighted by molar-refractivity contribution is 6.75. The topological polar surface area (TPSA) is 52.6 Å². The quantitative estimate of drug-likeness (QED) is 0.237. The maximum atomic E-state index is 13.4. The van der Waals surface area contributed by atoms with Crippen LogP contribution >= 0.6 is 0 Å². The van der Waals surface area contributed by atoms with Crippen LogP contribution < -0.4 is 4.74 Å². The highest BCUT2D eigenvalue weighted by atomic mass is 28.4. The van der Waals surface area contributed by atoms with Crippen molar-refractivity contribution in [2.45, 2.75) is 63.8 Å². The van der Waals surface area contributed by atoms with Crippen molar-refractivity contribution in [3.05, 3.63) is 29.3 Å². The lowest BCUT2D eigenvalue weighted by molar-refractivity contribution is -0.346. The Bertz CT molecular complexity index is 827. The maximum Gasteiger partial charge on any atom is 0.460 e. The average molecular weight is 462 g/mol. The second kappa shape index (κ2) is 7.86. The van der Waals surface area contributed by atoms with E-state index in [4.69, 9.17) is 4.43 Å². The molecule has 0 saturated heterocycles. The molecule has 0 aromatic heterocycles. The van der Waals surface area contributed by atoms with E-state index in [0.717, 1.165) is 18.2 Å². The fraction of sp³-hybridized carbons (Fsp3) is 0.556. The first-order valence-electron chi connectivity index (χ1n) is 8.54. The van der Waals surface area contributed by atoms with Crippen LogP contribution in [0.5, 0.6) is 5.75 Å². The lowest BCUT2D eigenvalue weighted by Gasteiger charge is -2.35. The molecule has 0 aliphatic heterocycles. The summed E-state index contributed by atoms with van der Waals surface area (Å²) in [6.07, 6.45) is -6.66. The standard InChI is InChI=1S/C18H21F7O4Si/c1-10-9-11(13(26)29-30(5,6)15(2,3)4)7-8-12(10)28-14(27)16(19,20)17(21,22)18(23,24)25/h7-9H,1-6H3. The highest BCUT2D eigenvalue weighted by Crippen LogP contribution is 2.47. The summed E-state index contributed by atoms with van der Waals surface area (Å²) in [4.78, 5) is 23.7. The van der Waals surface area contributed by atoms with E-state index >= 15 is 0 Å². The van der Waals surface area contributed by atoms with Crippen LogP contribution in [-0.4, -0.2) is 38.3 Å². The zero-order chi connectivity index (χ0) is 23.9. The smallest absolute Gasteiger partial charge is 0.460 e. The van der Waals surface area contributed by atoms with Gasteiger partial charge in [-0.3, -0.25) is 0 Å². The third kappa shape index (κ3) is 4.95. The molecule has 0 N–H and O–H groups in total. The largest absolute Gasteiger partial charge is 0.516 e. The summed E-state index contributed by atoms with van der Waals surface area (Å²) >= 11 is 0. The van der Waals surface area contributed by atoms with Crippen molar-refractivity contribution >= 4 is 20.3 Å². The molecule has 0 heterocycles. The number of aryl methyl sites for hydroxylation is 1. The molecule has 0 spiro atoms. The van der Waals surface area contributed by atoms with Crippen LogP contribution in [0.1, 0.15) is 36.7 Å². The Morgan fingerprint density at radius 1 is 0.933 bits per heavy atom. The van der Waals surface area contributed by atoms with Gasteiger partial charge in [-0.2, -0.15) is 30.7 Å². The number of carbonyl (C=O) groups excluding carboxylic acids is 2. The van der Waals surface area contributed by atoms with Crippen LogP contribution in [-0.2, 0) is 9.22 Å². The molecule has 0 aliphatic rings. The van der Waals surface area contributed by atoms with Gasteiger partial charge in [0.25, 0.3) is 8.32 Å². The van der Waals surface area contributed by atoms with Crippen molar-refractivity contribution in [2.24, 2.45) is 0 Å². The summed E-state index contributed by atoms with van der Waals surface area (Å²) in [5.74, 6) is -17.3. The molecule has 1 aromatic rings. The third-order valence-electron chi connectivity index (χ3n) is 4.77. The molecule has 30 heavy (non-hydrogen) atoms. The Labute approximate surface area is 169 Å². The first-order valence-corrected chi connectivity index (χ1v) is 11.4. The van der Waals surface area contributed by atoms with Gasteiger partial charge < -0.3 is 9.16 Å². The Hall–Kier alpha value is -2.11.